The molecule has 6 nitrogen and oxygen atoms in total. The normalized spacial score (nSPS) is 16.5. The van der Waals surface area contributed by atoms with E-state index in [2.05, 4.69) is 20.4 Å². The fraction of sp³-hybridized carbons (Fsp3) is 0.250. The molecule has 138 valence electrons. The highest BCUT2D eigenvalue weighted by atomic mass is 19.1. The molecule has 0 saturated carbocycles. The van der Waals surface area contributed by atoms with Crippen LogP contribution in [0.2, 0.25) is 0 Å². The predicted molar refractivity (Wildman–Crippen MR) is 98.8 cm³/mol. The maximum Gasteiger partial charge on any atom is 0.273 e. The number of halogens is 1. The van der Waals surface area contributed by atoms with Crippen LogP contribution in [0.4, 0.5) is 10.1 Å². The van der Waals surface area contributed by atoms with E-state index in [1.807, 2.05) is 6.07 Å². The minimum Gasteiger partial charge on any atom is -0.371 e. The van der Waals surface area contributed by atoms with E-state index < -0.39 is 0 Å². The number of pyridine rings is 1. The van der Waals surface area contributed by atoms with Crippen LogP contribution in [0.1, 0.15) is 16.9 Å². The number of carbonyl (C=O) groups is 1. The lowest BCUT2D eigenvalue weighted by Gasteiger charge is -2.18. The molecule has 3 aromatic rings. The molecule has 1 unspecified atom stereocenters. The monoisotopic (exact) mass is 366 g/mol. The van der Waals surface area contributed by atoms with Crippen molar-refractivity contribution in [1.82, 2.24) is 15.5 Å². The smallest absolute Gasteiger partial charge is 0.273 e. The number of hydrogen-bond donors (Lipinski definition) is 1. The van der Waals surface area contributed by atoms with Gasteiger partial charge < -0.3 is 14.7 Å². The minimum absolute atomic E-state index is 0.236. The van der Waals surface area contributed by atoms with Crippen LogP contribution < -0.4 is 10.2 Å². The van der Waals surface area contributed by atoms with E-state index in [0.717, 1.165) is 30.8 Å². The van der Waals surface area contributed by atoms with E-state index in [-0.39, 0.29) is 17.4 Å². The molecule has 27 heavy (non-hydrogen) atoms. The second-order valence-electron chi connectivity index (χ2n) is 6.61. The van der Waals surface area contributed by atoms with E-state index >= 15 is 0 Å². The Balaban J connectivity index is 1.31. The highest BCUT2D eigenvalue weighted by Crippen LogP contribution is 2.24. The summed E-state index contributed by atoms with van der Waals surface area (Å²) in [5.41, 5.74) is 2.03. The maximum atomic E-state index is 13.0. The molecule has 1 atom stereocenters. The fourth-order valence-corrected chi connectivity index (χ4v) is 3.24. The molecular weight excluding hydrogens is 347 g/mol. The van der Waals surface area contributed by atoms with Crippen molar-refractivity contribution in [1.29, 1.82) is 0 Å². The number of nitrogens with one attached hydrogen (secondary N) is 1. The Morgan fingerprint density at radius 3 is 2.93 bits per heavy atom. The van der Waals surface area contributed by atoms with E-state index in [1.165, 1.54) is 12.1 Å². The molecule has 0 bridgehead atoms. The maximum absolute atomic E-state index is 13.0. The molecule has 0 aliphatic carbocycles. The number of rotatable bonds is 5. The van der Waals surface area contributed by atoms with Crippen LogP contribution in [0.5, 0.6) is 0 Å². The Morgan fingerprint density at radius 1 is 1.30 bits per heavy atom. The Kier molecular flexibility index (Phi) is 4.82. The van der Waals surface area contributed by atoms with Gasteiger partial charge in [-0.15, -0.1) is 0 Å². The van der Waals surface area contributed by atoms with E-state index in [4.69, 9.17) is 4.52 Å². The van der Waals surface area contributed by atoms with Crippen molar-refractivity contribution in [3.63, 3.8) is 0 Å². The summed E-state index contributed by atoms with van der Waals surface area (Å²) in [5, 5.41) is 6.77. The second kappa shape index (κ2) is 7.57. The summed E-state index contributed by atoms with van der Waals surface area (Å²) >= 11 is 0. The van der Waals surface area contributed by atoms with Gasteiger partial charge in [-0.3, -0.25) is 9.78 Å². The molecular formula is C20H19FN4O2. The number of carbonyl (C=O) groups excluding carboxylic acids is 1. The summed E-state index contributed by atoms with van der Waals surface area (Å²) < 4.78 is 18.3. The standard InChI is InChI=1S/C20H19FN4O2/c21-16-3-5-17(6-4-16)25-9-7-14(13-25)11-23-20(26)18-10-19(27-24-18)15-2-1-8-22-12-15/h1-6,8,10,12,14H,7,9,11,13H2,(H,23,26). The summed E-state index contributed by atoms with van der Waals surface area (Å²) in [6.07, 6.45) is 4.30. The van der Waals surface area contributed by atoms with Gasteiger partial charge >= 0.3 is 0 Å². The van der Waals surface area contributed by atoms with Gasteiger partial charge in [0.25, 0.3) is 5.91 Å². The van der Waals surface area contributed by atoms with Gasteiger partial charge in [0.2, 0.25) is 0 Å². The largest absolute Gasteiger partial charge is 0.371 e. The fourth-order valence-electron chi connectivity index (χ4n) is 3.24. The van der Waals surface area contributed by atoms with Crippen molar-refractivity contribution in [2.75, 3.05) is 24.5 Å². The van der Waals surface area contributed by atoms with Gasteiger partial charge in [-0.2, -0.15) is 0 Å². The van der Waals surface area contributed by atoms with Crippen LogP contribution in [-0.4, -0.2) is 35.7 Å². The zero-order chi connectivity index (χ0) is 18.6. The molecule has 1 aliphatic heterocycles. The van der Waals surface area contributed by atoms with Gasteiger partial charge in [-0.1, -0.05) is 5.16 Å². The molecule has 3 heterocycles. The molecule has 2 aromatic heterocycles. The third-order valence-corrected chi connectivity index (χ3v) is 4.72. The average molecular weight is 366 g/mol. The first-order chi connectivity index (χ1) is 13.2. The highest BCUT2D eigenvalue weighted by molar-refractivity contribution is 5.93. The van der Waals surface area contributed by atoms with Crippen LogP contribution in [0, 0.1) is 11.7 Å². The third kappa shape index (κ3) is 3.97. The van der Waals surface area contributed by atoms with Crippen molar-refractivity contribution >= 4 is 11.6 Å². The molecule has 1 fully saturated rings. The van der Waals surface area contributed by atoms with Crippen LogP contribution in [0.15, 0.2) is 59.4 Å². The first kappa shape index (κ1) is 17.2. The summed E-state index contributed by atoms with van der Waals surface area (Å²) in [6.45, 7) is 2.28. The third-order valence-electron chi connectivity index (χ3n) is 4.72. The Morgan fingerprint density at radius 2 is 2.15 bits per heavy atom. The van der Waals surface area contributed by atoms with Gasteiger partial charge in [0.05, 0.1) is 0 Å². The zero-order valence-corrected chi connectivity index (χ0v) is 14.6. The molecule has 0 radical (unpaired) electrons. The number of aromatic nitrogens is 2. The van der Waals surface area contributed by atoms with E-state index in [1.54, 1.807) is 36.7 Å². The van der Waals surface area contributed by atoms with Crippen molar-refractivity contribution in [2.24, 2.45) is 5.92 Å². The molecule has 1 saturated heterocycles. The van der Waals surface area contributed by atoms with Crippen molar-refractivity contribution < 1.29 is 13.7 Å². The van der Waals surface area contributed by atoms with Crippen LogP contribution in [0.3, 0.4) is 0 Å². The van der Waals surface area contributed by atoms with Gasteiger partial charge in [-0.25, -0.2) is 4.39 Å². The van der Waals surface area contributed by atoms with E-state index in [9.17, 15) is 9.18 Å². The Labute approximate surface area is 156 Å². The topological polar surface area (TPSA) is 71.3 Å². The SMILES string of the molecule is O=C(NCC1CCN(c2ccc(F)cc2)C1)c1cc(-c2cccnc2)on1. The second-order valence-corrected chi connectivity index (χ2v) is 6.61. The zero-order valence-electron chi connectivity index (χ0n) is 14.6. The van der Waals surface area contributed by atoms with Crippen LogP contribution >= 0.6 is 0 Å². The van der Waals surface area contributed by atoms with Gasteiger partial charge in [-0.05, 0) is 48.7 Å². The molecule has 1 aromatic carbocycles. The Hall–Kier alpha value is -3.22. The quantitative estimate of drug-likeness (QED) is 0.751. The van der Waals surface area contributed by atoms with E-state index in [0.29, 0.717) is 18.2 Å². The van der Waals surface area contributed by atoms with Crippen molar-refractivity contribution in [3.05, 3.63) is 66.4 Å². The average Bonchev–Trinajstić information content (AvgIpc) is 3.37. The summed E-state index contributed by atoms with van der Waals surface area (Å²) in [7, 11) is 0. The lowest BCUT2D eigenvalue weighted by atomic mass is 10.1. The Bertz CT molecular complexity index is 911. The summed E-state index contributed by atoms with van der Waals surface area (Å²) in [6, 6.07) is 11.8. The molecule has 0 spiro atoms. The minimum atomic E-state index is -0.255. The number of hydrogen-bond acceptors (Lipinski definition) is 5. The molecule has 1 aliphatic rings. The molecule has 7 heteroatoms. The lowest BCUT2D eigenvalue weighted by molar-refractivity contribution is 0.0939. The molecule has 1 N–H and O–H groups in total. The van der Waals surface area contributed by atoms with Crippen molar-refractivity contribution in [2.45, 2.75) is 6.42 Å². The predicted octanol–water partition coefficient (Wildman–Crippen LogP) is 3.13. The van der Waals surface area contributed by atoms with Gasteiger partial charge in [0.1, 0.15) is 5.82 Å². The number of benzene rings is 1. The number of amides is 1. The first-order valence-corrected chi connectivity index (χ1v) is 8.85. The molecule has 1 amide bonds. The highest BCUT2D eigenvalue weighted by Gasteiger charge is 2.24. The number of nitrogens with zero attached hydrogens (tertiary/aromatic N) is 3. The summed E-state index contributed by atoms with van der Waals surface area (Å²) in [4.78, 5) is 18.6. The van der Waals surface area contributed by atoms with Crippen LogP contribution in [0.25, 0.3) is 11.3 Å². The summed E-state index contributed by atoms with van der Waals surface area (Å²) in [5.74, 6) is 0.356. The lowest BCUT2D eigenvalue weighted by Crippen LogP contribution is -2.31. The van der Waals surface area contributed by atoms with Gasteiger partial charge in [0, 0.05) is 49.3 Å². The van der Waals surface area contributed by atoms with Gasteiger partial charge in [0.15, 0.2) is 11.5 Å². The first-order valence-electron chi connectivity index (χ1n) is 8.85. The van der Waals surface area contributed by atoms with Crippen molar-refractivity contribution in [3.8, 4) is 11.3 Å². The van der Waals surface area contributed by atoms with Crippen LogP contribution in [-0.2, 0) is 0 Å². The molecule has 4 rings (SSSR count). The number of anilines is 1.